The van der Waals surface area contributed by atoms with Gasteiger partial charge in [-0.05, 0) is 25.5 Å². The van der Waals surface area contributed by atoms with Crippen LogP contribution in [0.15, 0.2) is 29.2 Å². The van der Waals surface area contributed by atoms with E-state index in [1.165, 1.54) is 12.1 Å². The molecule has 100 valence electrons. The first kappa shape index (κ1) is 14.5. The highest BCUT2D eigenvalue weighted by molar-refractivity contribution is 7.90. The molecule has 0 unspecified atom stereocenters. The molecular weight excluding hydrogens is 254 g/mol. The second-order valence-electron chi connectivity index (χ2n) is 3.91. The summed E-state index contributed by atoms with van der Waals surface area (Å²) in [5, 5.41) is 0. The summed E-state index contributed by atoms with van der Waals surface area (Å²) in [5.74, 6) is 0. The van der Waals surface area contributed by atoms with Crippen LogP contribution in [0, 0.1) is 6.92 Å². The van der Waals surface area contributed by atoms with E-state index in [9.17, 15) is 13.2 Å². The van der Waals surface area contributed by atoms with Crippen LogP contribution in [-0.4, -0.2) is 21.1 Å². The minimum atomic E-state index is -3.84. The van der Waals surface area contributed by atoms with Gasteiger partial charge < -0.3 is 4.74 Å². The van der Waals surface area contributed by atoms with Gasteiger partial charge >= 0.3 is 6.09 Å². The topological polar surface area (TPSA) is 72.5 Å². The number of hydrogen-bond donors (Lipinski definition) is 1. The van der Waals surface area contributed by atoms with E-state index in [0.717, 1.165) is 12.0 Å². The predicted octanol–water partition coefficient (Wildman–Crippen LogP) is 2.21. The van der Waals surface area contributed by atoms with E-state index in [1.54, 1.807) is 12.1 Å². The first-order valence-corrected chi connectivity index (χ1v) is 7.20. The molecule has 0 bridgehead atoms. The van der Waals surface area contributed by atoms with Crippen LogP contribution in [0.1, 0.15) is 25.3 Å². The lowest BCUT2D eigenvalue weighted by atomic mass is 10.2. The van der Waals surface area contributed by atoms with Gasteiger partial charge in [-0.3, -0.25) is 0 Å². The molecule has 0 fully saturated rings. The summed E-state index contributed by atoms with van der Waals surface area (Å²) in [5.41, 5.74) is 0.944. The average molecular weight is 271 g/mol. The van der Waals surface area contributed by atoms with E-state index in [2.05, 4.69) is 0 Å². The Labute approximate surface area is 107 Å². The number of sulfonamides is 1. The Morgan fingerprint density at radius 3 is 2.44 bits per heavy atom. The van der Waals surface area contributed by atoms with Crippen molar-refractivity contribution in [1.29, 1.82) is 0 Å². The highest BCUT2D eigenvalue weighted by Gasteiger charge is 2.17. The van der Waals surface area contributed by atoms with Crippen molar-refractivity contribution in [2.45, 2.75) is 31.6 Å². The van der Waals surface area contributed by atoms with Gasteiger partial charge in [-0.25, -0.2) is 17.9 Å². The number of carbonyl (C=O) groups is 1. The zero-order valence-electron chi connectivity index (χ0n) is 10.5. The zero-order valence-corrected chi connectivity index (χ0v) is 11.3. The first-order chi connectivity index (χ1) is 8.45. The number of rotatable bonds is 5. The Morgan fingerprint density at radius 1 is 1.28 bits per heavy atom. The molecule has 0 aliphatic carbocycles. The highest BCUT2D eigenvalue weighted by atomic mass is 32.2. The summed E-state index contributed by atoms with van der Waals surface area (Å²) in [6, 6.07) is 6.21. The maximum Gasteiger partial charge on any atom is 0.421 e. The molecular formula is C12H17NO4S. The minimum absolute atomic E-state index is 0.0422. The number of nitrogens with one attached hydrogen (secondary N) is 1. The van der Waals surface area contributed by atoms with Crippen LogP contribution in [0.5, 0.6) is 0 Å². The molecule has 0 heterocycles. The van der Waals surface area contributed by atoms with Crippen LogP contribution in [0.3, 0.4) is 0 Å². The van der Waals surface area contributed by atoms with E-state index in [4.69, 9.17) is 4.74 Å². The van der Waals surface area contributed by atoms with Crippen molar-refractivity contribution in [1.82, 2.24) is 4.72 Å². The smallest absolute Gasteiger partial charge is 0.421 e. The summed E-state index contributed by atoms with van der Waals surface area (Å²) in [6.45, 7) is 4.01. The van der Waals surface area contributed by atoms with Crippen LogP contribution in [0.4, 0.5) is 4.79 Å². The van der Waals surface area contributed by atoms with Crippen molar-refractivity contribution in [3.63, 3.8) is 0 Å². The number of unbranched alkanes of at least 4 members (excludes halogenated alkanes) is 1. The number of amides is 1. The average Bonchev–Trinajstić information content (AvgIpc) is 2.29. The van der Waals surface area contributed by atoms with Gasteiger partial charge in [0.2, 0.25) is 0 Å². The molecule has 18 heavy (non-hydrogen) atoms. The van der Waals surface area contributed by atoms with Crippen molar-refractivity contribution < 1.29 is 17.9 Å². The molecule has 0 radical (unpaired) electrons. The predicted molar refractivity (Wildman–Crippen MR) is 67.8 cm³/mol. The summed E-state index contributed by atoms with van der Waals surface area (Å²) in [4.78, 5) is 11.3. The molecule has 1 aromatic carbocycles. The van der Waals surface area contributed by atoms with Gasteiger partial charge in [0, 0.05) is 0 Å². The number of carbonyl (C=O) groups excluding carboxylic acids is 1. The van der Waals surface area contributed by atoms with Gasteiger partial charge in [-0.1, -0.05) is 31.0 Å². The van der Waals surface area contributed by atoms with Gasteiger partial charge in [0.15, 0.2) is 0 Å². The fourth-order valence-corrected chi connectivity index (χ4v) is 2.12. The Morgan fingerprint density at radius 2 is 1.89 bits per heavy atom. The molecule has 0 aliphatic rings. The van der Waals surface area contributed by atoms with Gasteiger partial charge in [-0.15, -0.1) is 0 Å². The Bertz CT molecular complexity index is 493. The fourth-order valence-electron chi connectivity index (χ4n) is 1.22. The van der Waals surface area contributed by atoms with Gasteiger partial charge in [0.25, 0.3) is 10.0 Å². The summed E-state index contributed by atoms with van der Waals surface area (Å²) < 4.78 is 30.1. The van der Waals surface area contributed by atoms with E-state index in [1.807, 2.05) is 18.6 Å². The first-order valence-electron chi connectivity index (χ1n) is 5.72. The summed E-state index contributed by atoms with van der Waals surface area (Å²) >= 11 is 0. The molecule has 1 rings (SSSR count). The minimum Gasteiger partial charge on any atom is -0.449 e. The molecule has 0 saturated carbocycles. The van der Waals surface area contributed by atoms with E-state index in [0.29, 0.717) is 6.42 Å². The molecule has 0 saturated heterocycles. The third-order valence-electron chi connectivity index (χ3n) is 2.28. The maximum absolute atomic E-state index is 11.8. The third kappa shape index (κ3) is 4.37. The Balaban J connectivity index is 2.64. The van der Waals surface area contributed by atoms with Crippen LogP contribution in [0.2, 0.25) is 0 Å². The van der Waals surface area contributed by atoms with E-state index in [-0.39, 0.29) is 11.5 Å². The molecule has 6 heteroatoms. The molecule has 0 atom stereocenters. The maximum atomic E-state index is 11.8. The number of benzene rings is 1. The molecule has 0 spiro atoms. The molecule has 1 aromatic rings. The molecule has 1 amide bonds. The van der Waals surface area contributed by atoms with Gasteiger partial charge in [0.1, 0.15) is 0 Å². The molecule has 1 N–H and O–H groups in total. The third-order valence-corrected chi connectivity index (χ3v) is 3.61. The molecule has 5 nitrogen and oxygen atoms in total. The van der Waals surface area contributed by atoms with Crippen LogP contribution in [0.25, 0.3) is 0 Å². The lowest BCUT2D eigenvalue weighted by molar-refractivity contribution is 0.151. The van der Waals surface area contributed by atoms with Crippen LogP contribution < -0.4 is 4.72 Å². The second kappa shape index (κ2) is 6.39. The van der Waals surface area contributed by atoms with Crippen molar-refractivity contribution in [3.05, 3.63) is 29.8 Å². The van der Waals surface area contributed by atoms with Crippen molar-refractivity contribution in [2.75, 3.05) is 6.61 Å². The monoisotopic (exact) mass is 271 g/mol. The van der Waals surface area contributed by atoms with E-state index >= 15 is 0 Å². The normalized spacial score (nSPS) is 11.0. The molecule has 0 aliphatic heterocycles. The Hall–Kier alpha value is -1.56. The van der Waals surface area contributed by atoms with Gasteiger partial charge in [0.05, 0.1) is 11.5 Å². The second-order valence-corrected chi connectivity index (χ2v) is 5.59. The number of ether oxygens (including phenoxy) is 1. The van der Waals surface area contributed by atoms with Crippen molar-refractivity contribution in [2.24, 2.45) is 0 Å². The van der Waals surface area contributed by atoms with Gasteiger partial charge in [-0.2, -0.15) is 0 Å². The number of hydrogen-bond acceptors (Lipinski definition) is 4. The summed E-state index contributed by atoms with van der Waals surface area (Å²) in [6.07, 6.45) is 0.639. The highest BCUT2D eigenvalue weighted by Crippen LogP contribution is 2.09. The van der Waals surface area contributed by atoms with Crippen molar-refractivity contribution >= 4 is 16.1 Å². The van der Waals surface area contributed by atoms with E-state index < -0.39 is 16.1 Å². The Kier molecular flexibility index (Phi) is 5.15. The SMILES string of the molecule is CCCCOC(=O)NS(=O)(=O)c1ccc(C)cc1. The van der Waals surface area contributed by atoms with Crippen LogP contribution in [-0.2, 0) is 14.8 Å². The lowest BCUT2D eigenvalue weighted by Crippen LogP contribution is -2.31. The summed E-state index contributed by atoms with van der Waals surface area (Å²) in [7, 11) is -3.84. The molecule has 0 aromatic heterocycles. The van der Waals surface area contributed by atoms with Crippen LogP contribution >= 0.6 is 0 Å². The fraction of sp³-hybridized carbons (Fsp3) is 0.417. The number of aryl methyl sites for hydroxylation is 1. The lowest BCUT2D eigenvalue weighted by Gasteiger charge is -2.07. The standard InChI is InChI=1S/C12H17NO4S/c1-3-4-9-17-12(14)13-18(15,16)11-7-5-10(2)6-8-11/h5-8H,3-4,9H2,1-2H3,(H,13,14). The quantitative estimate of drug-likeness (QED) is 0.833. The van der Waals surface area contributed by atoms with Crippen molar-refractivity contribution in [3.8, 4) is 0 Å². The zero-order chi connectivity index (χ0) is 13.6. The largest absolute Gasteiger partial charge is 0.449 e.